The third kappa shape index (κ3) is 1.03. The maximum Gasteiger partial charge on any atom is 0.207 e. The highest BCUT2D eigenvalue weighted by Gasteiger charge is 2.19. The molecule has 0 saturated carbocycles. The lowest BCUT2D eigenvalue weighted by Crippen LogP contribution is -2.20. The molecule has 1 aliphatic rings. The molecule has 3 nitrogen and oxygen atoms in total. The van der Waals surface area contributed by atoms with Gasteiger partial charge in [-0.2, -0.15) is 0 Å². The van der Waals surface area contributed by atoms with Gasteiger partial charge in [-0.25, -0.2) is 0 Å². The smallest absolute Gasteiger partial charge is 0.207 e. The average molecular weight is 162 g/mol. The normalized spacial score (nSPS) is 19.5. The Morgan fingerprint density at radius 1 is 1.50 bits per heavy atom. The molecule has 2 rings (SSSR count). The molecule has 0 aromatic heterocycles. The van der Waals surface area contributed by atoms with Crippen molar-refractivity contribution in [3.63, 3.8) is 0 Å². The van der Waals surface area contributed by atoms with Gasteiger partial charge in [0.25, 0.3) is 0 Å². The first-order chi connectivity index (χ1) is 5.92. The molecule has 0 aliphatic carbocycles. The second-order valence-electron chi connectivity index (χ2n) is 2.81. The predicted molar refractivity (Wildman–Crippen MR) is 46.9 cm³/mol. The number of carbonyl (C=O) groups excluding carboxylic acids is 1. The van der Waals surface area contributed by atoms with Gasteiger partial charge in [0.05, 0.1) is 6.04 Å². The zero-order valence-electron chi connectivity index (χ0n) is 6.58. The minimum atomic E-state index is 0.138. The van der Waals surface area contributed by atoms with Crippen LogP contribution in [0.15, 0.2) is 24.3 Å². The maximum atomic E-state index is 10.2. The van der Waals surface area contributed by atoms with E-state index in [1.54, 1.807) is 0 Å². The first-order valence-electron chi connectivity index (χ1n) is 3.94. The summed E-state index contributed by atoms with van der Waals surface area (Å²) in [7, 11) is 0. The van der Waals surface area contributed by atoms with Crippen molar-refractivity contribution in [3.8, 4) is 0 Å². The topological polar surface area (TPSA) is 41.1 Å². The van der Waals surface area contributed by atoms with E-state index in [1.807, 2.05) is 24.3 Å². The molecule has 0 fully saturated rings. The molecular weight excluding hydrogens is 152 g/mol. The molecule has 0 saturated heterocycles. The summed E-state index contributed by atoms with van der Waals surface area (Å²) < 4.78 is 0. The lowest BCUT2D eigenvalue weighted by Gasteiger charge is -2.06. The van der Waals surface area contributed by atoms with Crippen LogP contribution >= 0.6 is 0 Å². The molecule has 0 bridgehead atoms. The van der Waals surface area contributed by atoms with Gasteiger partial charge in [-0.3, -0.25) is 4.79 Å². The Balaban J connectivity index is 2.29. The van der Waals surface area contributed by atoms with E-state index >= 15 is 0 Å². The molecule has 1 atom stereocenters. The lowest BCUT2D eigenvalue weighted by molar-refractivity contribution is -0.110. The fourth-order valence-electron chi connectivity index (χ4n) is 1.51. The van der Waals surface area contributed by atoms with Crippen LogP contribution in [0.1, 0.15) is 11.6 Å². The van der Waals surface area contributed by atoms with E-state index in [4.69, 9.17) is 0 Å². The third-order valence-electron chi connectivity index (χ3n) is 2.10. The zero-order valence-corrected chi connectivity index (χ0v) is 6.58. The van der Waals surface area contributed by atoms with E-state index in [0.29, 0.717) is 0 Å². The number of hydrogen-bond acceptors (Lipinski definition) is 2. The number of anilines is 1. The minimum absolute atomic E-state index is 0.138. The van der Waals surface area contributed by atoms with Crippen molar-refractivity contribution < 1.29 is 4.79 Å². The molecule has 3 heteroatoms. The van der Waals surface area contributed by atoms with Gasteiger partial charge in [0.2, 0.25) is 6.41 Å². The van der Waals surface area contributed by atoms with E-state index in [9.17, 15) is 4.79 Å². The largest absolute Gasteiger partial charge is 0.382 e. The fraction of sp³-hybridized carbons (Fsp3) is 0.222. The molecule has 1 aromatic rings. The summed E-state index contributed by atoms with van der Waals surface area (Å²) in [6.45, 7) is 0.790. The van der Waals surface area contributed by atoms with Crippen LogP contribution in [-0.4, -0.2) is 13.0 Å². The molecule has 1 heterocycles. The van der Waals surface area contributed by atoms with Gasteiger partial charge in [-0.1, -0.05) is 18.2 Å². The first kappa shape index (κ1) is 7.16. The van der Waals surface area contributed by atoms with Crippen molar-refractivity contribution in [2.75, 3.05) is 11.9 Å². The van der Waals surface area contributed by atoms with Crippen molar-refractivity contribution in [3.05, 3.63) is 29.8 Å². The molecule has 1 unspecified atom stereocenters. The number of fused-ring (bicyclic) bond motifs is 1. The maximum absolute atomic E-state index is 10.2. The standard InChI is InChI=1S/C9H10N2O/c12-6-11-9-5-10-8-4-2-1-3-7(8)9/h1-4,6,9-10H,5H2,(H,11,12). The van der Waals surface area contributed by atoms with Crippen molar-refractivity contribution in [2.45, 2.75) is 6.04 Å². The molecule has 1 aliphatic heterocycles. The van der Waals surface area contributed by atoms with Gasteiger partial charge < -0.3 is 10.6 Å². The Kier molecular flexibility index (Phi) is 1.70. The Morgan fingerprint density at radius 2 is 2.33 bits per heavy atom. The highest BCUT2D eigenvalue weighted by atomic mass is 16.1. The SMILES string of the molecule is O=CNC1CNc2ccccc21. The molecule has 62 valence electrons. The summed E-state index contributed by atoms with van der Waals surface area (Å²) in [6.07, 6.45) is 0.744. The van der Waals surface area contributed by atoms with Crippen molar-refractivity contribution in [1.82, 2.24) is 5.32 Å². The summed E-state index contributed by atoms with van der Waals surface area (Å²) in [5, 5.41) is 5.97. The van der Waals surface area contributed by atoms with E-state index < -0.39 is 0 Å². The van der Waals surface area contributed by atoms with E-state index in [0.717, 1.165) is 18.6 Å². The molecular formula is C9H10N2O. The van der Waals surface area contributed by atoms with Crippen LogP contribution in [0.2, 0.25) is 0 Å². The first-order valence-corrected chi connectivity index (χ1v) is 3.94. The van der Waals surface area contributed by atoms with Crippen LogP contribution in [0.25, 0.3) is 0 Å². The van der Waals surface area contributed by atoms with Crippen LogP contribution in [0.5, 0.6) is 0 Å². The van der Waals surface area contributed by atoms with Crippen LogP contribution in [0, 0.1) is 0 Å². The number of carbonyl (C=O) groups is 1. The van der Waals surface area contributed by atoms with Gasteiger partial charge in [-0.05, 0) is 11.6 Å². The molecule has 2 N–H and O–H groups in total. The van der Waals surface area contributed by atoms with Crippen LogP contribution in [0.4, 0.5) is 5.69 Å². The third-order valence-corrected chi connectivity index (χ3v) is 2.10. The summed E-state index contributed by atoms with van der Waals surface area (Å²) in [6, 6.07) is 8.14. The number of rotatable bonds is 2. The second kappa shape index (κ2) is 2.85. The zero-order chi connectivity index (χ0) is 8.39. The minimum Gasteiger partial charge on any atom is -0.382 e. The van der Waals surface area contributed by atoms with Gasteiger partial charge in [-0.15, -0.1) is 0 Å². The summed E-state index contributed by atoms with van der Waals surface area (Å²) in [5.41, 5.74) is 2.29. The summed E-state index contributed by atoms with van der Waals surface area (Å²) in [4.78, 5) is 10.2. The summed E-state index contributed by atoms with van der Waals surface area (Å²) >= 11 is 0. The number of nitrogens with one attached hydrogen (secondary N) is 2. The van der Waals surface area contributed by atoms with Crippen LogP contribution < -0.4 is 10.6 Å². The number of hydrogen-bond donors (Lipinski definition) is 2. The van der Waals surface area contributed by atoms with Crippen molar-refractivity contribution >= 4 is 12.1 Å². The Morgan fingerprint density at radius 3 is 3.17 bits per heavy atom. The molecule has 12 heavy (non-hydrogen) atoms. The lowest BCUT2D eigenvalue weighted by atomic mass is 10.1. The average Bonchev–Trinajstić information content (AvgIpc) is 2.50. The van der Waals surface area contributed by atoms with Crippen molar-refractivity contribution in [1.29, 1.82) is 0 Å². The quantitative estimate of drug-likeness (QED) is 0.634. The van der Waals surface area contributed by atoms with Crippen LogP contribution in [-0.2, 0) is 4.79 Å². The Bertz CT molecular complexity index is 298. The molecule has 0 radical (unpaired) electrons. The number of para-hydroxylation sites is 1. The van der Waals surface area contributed by atoms with E-state index in [1.165, 1.54) is 5.56 Å². The fourth-order valence-corrected chi connectivity index (χ4v) is 1.51. The highest BCUT2D eigenvalue weighted by Crippen LogP contribution is 2.28. The van der Waals surface area contributed by atoms with Crippen LogP contribution in [0.3, 0.4) is 0 Å². The van der Waals surface area contributed by atoms with Crippen molar-refractivity contribution in [2.24, 2.45) is 0 Å². The van der Waals surface area contributed by atoms with Gasteiger partial charge in [0.15, 0.2) is 0 Å². The van der Waals surface area contributed by atoms with Gasteiger partial charge in [0.1, 0.15) is 0 Å². The predicted octanol–water partition coefficient (Wildman–Crippen LogP) is 0.899. The van der Waals surface area contributed by atoms with E-state index in [-0.39, 0.29) is 6.04 Å². The Labute approximate surface area is 70.8 Å². The monoisotopic (exact) mass is 162 g/mol. The molecule has 1 aromatic carbocycles. The Hall–Kier alpha value is -1.51. The number of amides is 1. The summed E-state index contributed by atoms with van der Waals surface area (Å²) in [5.74, 6) is 0. The second-order valence-corrected chi connectivity index (χ2v) is 2.81. The molecule has 1 amide bonds. The van der Waals surface area contributed by atoms with E-state index in [2.05, 4.69) is 10.6 Å². The van der Waals surface area contributed by atoms with Gasteiger partial charge in [0, 0.05) is 12.2 Å². The number of benzene rings is 1. The van der Waals surface area contributed by atoms with Gasteiger partial charge >= 0.3 is 0 Å². The molecule has 0 spiro atoms. The highest BCUT2D eigenvalue weighted by molar-refractivity contribution is 5.60.